The van der Waals surface area contributed by atoms with Gasteiger partial charge in [-0.3, -0.25) is 10.1 Å². The van der Waals surface area contributed by atoms with Gasteiger partial charge in [0.1, 0.15) is 4.21 Å². The lowest BCUT2D eigenvalue weighted by Gasteiger charge is -2.25. The van der Waals surface area contributed by atoms with Crippen LogP contribution < -0.4 is 10.0 Å². The molecule has 0 radical (unpaired) electrons. The number of rotatable bonds is 5. The summed E-state index contributed by atoms with van der Waals surface area (Å²) < 4.78 is 26.5. The van der Waals surface area contributed by atoms with Crippen molar-refractivity contribution in [2.75, 3.05) is 12.4 Å². The van der Waals surface area contributed by atoms with Gasteiger partial charge in [0.15, 0.2) is 5.00 Å². The Morgan fingerprint density at radius 1 is 1.50 bits per heavy atom. The first kappa shape index (κ1) is 13.2. The fourth-order valence-corrected chi connectivity index (χ4v) is 4.21. The number of nitrogens with one attached hydrogen (secondary N) is 2. The molecule has 0 atom stereocenters. The first-order valence-corrected chi connectivity index (χ1v) is 7.72. The topological polar surface area (TPSA) is 101 Å². The lowest BCUT2D eigenvalue weighted by atomic mass is 9.94. The van der Waals surface area contributed by atoms with E-state index < -0.39 is 14.9 Å². The zero-order valence-electron chi connectivity index (χ0n) is 9.67. The summed E-state index contributed by atoms with van der Waals surface area (Å²) in [7, 11) is -2.12. The van der Waals surface area contributed by atoms with Crippen molar-refractivity contribution in [3.63, 3.8) is 0 Å². The largest absolute Gasteiger partial charge is 0.374 e. The molecule has 2 N–H and O–H groups in total. The van der Waals surface area contributed by atoms with Crippen LogP contribution in [0.1, 0.15) is 19.3 Å². The normalized spacial score (nSPS) is 16.3. The third-order valence-electron chi connectivity index (χ3n) is 2.81. The minimum Gasteiger partial charge on any atom is -0.374 e. The van der Waals surface area contributed by atoms with E-state index in [2.05, 4.69) is 10.0 Å². The van der Waals surface area contributed by atoms with Crippen molar-refractivity contribution in [2.45, 2.75) is 29.5 Å². The molecule has 0 amide bonds. The second kappa shape index (κ2) is 4.82. The third-order valence-corrected chi connectivity index (χ3v) is 5.94. The first-order valence-electron chi connectivity index (χ1n) is 5.42. The second-order valence-corrected chi connectivity index (χ2v) is 7.03. The van der Waals surface area contributed by atoms with Crippen LogP contribution in [0.2, 0.25) is 0 Å². The zero-order valence-corrected chi connectivity index (χ0v) is 11.3. The first-order chi connectivity index (χ1) is 8.44. The smallest absolute Gasteiger partial charge is 0.304 e. The van der Waals surface area contributed by atoms with E-state index in [4.69, 9.17) is 0 Å². The van der Waals surface area contributed by atoms with Crippen LogP contribution in [-0.2, 0) is 10.0 Å². The van der Waals surface area contributed by atoms with Gasteiger partial charge in [-0.25, -0.2) is 13.1 Å². The van der Waals surface area contributed by atoms with E-state index in [1.54, 1.807) is 0 Å². The molecule has 9 heteroatoms. The average Bonchev–Trinajstić information content (AvgIpc) is 2.68. The van der Waals surface area contributed by atoms with E-state index >= 15 is 0 Å². The van der Waals surface area contributed by atoms with Gasteiger partial charge in [-0.2, -0.15) is 0 Å². The predicted molar refractivity (Wildman–Crippen MR) is 68.5 cm³/mol. The van der Waals surface area contributed by atoms with Crippen LogP contribution in [0.5, 0.6) is 0 Å². The molecule has 1 heterocycles. The molecule has 18 heavy (non-hydrogen) atoms. The van der Waals surface area contributed by atoms with Crippen LogP contribution in [0.15, 0.2) is 10.3 Å². The van der Waals surface area contributed by atoms with Crippen LogP contribution in [-0.4, -0.2) is 26.4 Å². The summed E-state index contributed by atoms with van der Waals surface area (Å²) in [4.78, 5) is 10.2. The lowest BCUT2D eigenvalue weighted by Crippen LogP contribution is -2.39. The van der Waals surface area contributed by atoms with Crippen molar-refractivity contribution in [3.8, 4) is 0 Å². The van der Waals surface area contributed by atoms with Gasteiger partial charge in [0.2, 0.25) is 0 Å². The summed E-state index contributed by atoms with van der Waals surface area (Å²) in [5.41, 5.74) is -0.212. The van der Waals surface area contributed by atoms with E-state index in [1.165, 1.54) is 7.05 Å². The van der Waals surface area contributed by atoms with Crippen molar-refractivity contribution in [2.24, 2.45) is 0 Å². The third kappa shape index (κ3) is 2.47. The molecule has 7 nitrogen and oxygen atoms in total. The molecule has 1 aromatic rings. The van der Waals surface area contributed by atoms with Gasteiger partial charge >= 0.3 is 5.69 Å². The lowest BCUT2D eigenvalue weighted by molar-refractivity contribution is -0.383. The van der Waals surface area contributed by atoms with Crippen LogP contribution in [0.4, 0.5) is 10.7 Å². The minimum absolute atomic E-state index is 0.0227. The van der Waals surface area contributed by atoms with Crippen LogP contribution in [0.25, 0.3) is 0 Å². The number of anilines is 1. The Morgan fingerprint density at radius 2 is 2.17 bits per heavy atom. The molecular formula is C9H13N3O4S2. The summed E-state index contributed by atoms with van der Waals surface area (Å²) in [6.07, 6.45) is 2.66. The number of sulfonamides is 1. The van der Waals surface area contributed by atoms with Crippen LogP contribution in [0, 0.1) is 10.1 Å². The average molecular weight is 291 g/mol. The zero-order chi connectivity index (χ0) is 13.3. The van der Waals surface area contributed by atoms with Gasteiger partial charge in [0, 0.05) is 19.2 Å². The van der Waals surface area contributed by atoms with E-state index in [0.29, 0.717) is 0 Å². The van der Waals surface area contributed by atoms with Crippen molar-refractivity contribution >= 4 is 32.0 Å². The summed E-state index contributed by atoms with van der Waals surface area (Å²) in [6.45, 7) is 0. The molecule has 0 spiro atoms. The Labute approximate surface area is 108 Å². The highest BCUT2D eigenvalue weighted by atomic mass is 32.2. The number of hydrogen-bond acceptors (Lipinski definition) is 6. The summed E-state index contributed by atoms with van der Waals surface area (Å²) in [5.74, 6) is 0. The highest BCUT2D eigenvalue weighted by Crippen LogP contribution is 2.37. The molecule has 1 aromatic heterocycles. The molecule has 0 bridgehead atoms. The van der Waals surface area contributed by atoms with Crippen LogP contribution >= 0.6 is 11.3 Å². The number of nitro groups is 1. The summed E-state index contributed by atoms with van der Waals surface area (Å²) in [6, 6.07) is 1.06. The molecule has 0 aliphatic heterocycles. The van der Waals surface area contributed by atoms with Crippen LogP contribution in [0.3, 0.4) is 0 Å². The molecule has 1 aliphatic rings. The molecule has 0 saturated heterocycles. The number of hydrogen-bond donors (Lipinski definition) is 2. The quantitative estimate of drug-likeness (QED) is 0.632. The van der Waals surface area contributed by atoms with Gasteiger partial charge in [0.05, 0.1) is 4.92 Å². The Bertz CT molecular complexity index is 562. The fourth-order valence-electron chi connectivity index (χ4n) is 1.61. The maximum absolute atomic E-state index is 12.0. The standard InChI is InChI=1S/C9H13N3O4S2/c1-10-9-7(12(13)14)5-8(17-9)18(15,16)11-6-3-2-4-6/h5-6,10-11H,2-4H2,1H3. The predicted octanol–water partition coefficient (Wildman–Crippen LogP) is 1.53. The van der Waals surface area contributed by atoms with Gasteiger partial charge in [0.25, 0.3) is 10.0 Å². The van der Waals surface area contributed by atoms with Gasteiger partial charge < -0.3 is 5.32 Å². The van der Waals surface area contributed by atoms with Gasteiger partial charge in [-0.1, -0.05) is 17.8 Å². The summed E-state index contributed by atoms with van der Waals surface area (Å²) in [5, 5.41) is 13.6. The Kier molecular flexibility index (Phi) is 3.55. The van der Waals surface area contributed by atoms with Gasteiger partial charge in [-0.15, -0.1) is 0 Å². The van der Waals surface area contributed by atoms with Gasteiger partial charge in [-0.05, 0) is 12.8 Å². The maximum atomic E-state index is 12.0. The van der Waals surface area contributed by atoms with E-state index in [-0.39, 0.29) is 20.9 Å². The molecule has 0 unspecified atom stereocenters. The monoisotopic (exact) mass is 291 g/mol. The van der Waals surface area contributed by atoms with E-state index in [9.17, 15) is 18.5 Å². The molecular weight excluding hydrogens is 278 g/mol. The molecule has 0 aromatic carbocycles. The van der Waals surface area contributed by atoms with Crippen molar-refractivity contribution < 1.29 is 13.3 Å². The van der Waals surface area contributed by atoms with Crippen molar-refractivity contribution in [1.82, 2.24) is 4.72 Å². The molecule has 2 rings (SSSR count). The fraction of sp³-hybridized carbons (Fsp3) is 0.556. The molecule has 1 aliphatic carbocycles. The minimum atomic E-state index is -3.64. The molecule has 100 valence electrons. The van der Waals surface area contributed by atoms with E-state index in [1.807, 2.05) is 0 Å². The summed E-state index contributed by atoms with van der Waals surface area (Å²) >= 11 is 0.868. The molecule has 1 saturated carbocycles. The Morgan fingerprint density at radius 3 is 2.56 bits per heavy atom. The Hall–Kier alpha value is -1.19. The van der Waals surface area contributed by atoms with Crippen molar-refractivity contribution in [1.29, 1.82) is 0 Å². The maximum Gasteiger partial charge on any atom is 0.304 e. The van der Waals surface area contributed by atoms with Crippen molar-refractivity contribution in [3.05, 3.63) is 16.2 Å². The number of thiophene rings is 1. The Balaban J connectivity index is 2.29. The number of nitrogens with zero attached hydrogens (tertiary/aromatic N) is 1. The van der Waals surface area contributed by atoms with E-state index in [0.717, 1.165) is 36.7 Å². The highest BCUT2D eigenvalue weighted by molar-refractivity contribution is 7.91. The SMILES string of the molecule is CNc1sc(S(=O)(=O)NC2CCC2)cc1[N+](=O)[O-]. The molecule has 1 fully saturated rings. The second-order valence-electron chi connectivity index (χ2n) is 4.04. The highest BCUT2D eigenvalue weighted by Gasteiger charge is 2.29.